The Morgan fingerprint density at radius 2 is 1.81 bits per heavy atom. The Morgan fingerprint density at radius 3 is 2.49 bits per heavy atom. The number of hydrogen-bond donors (Lipinski definition) is 0. The maximum atomic E-state index is 13.3. The van der Waals surface area contributed by atoms with Gasteiger partial charge in [0.2, 0.25) is 0 Å². The van der Waals surface area contributed by atoms with Crippen molar-refractivity contribution in [3.63, 3.8) is 0 Å². The summed E-state index contributed by atoms with van der Waals surface area (Å²) in [7, 11) is 0. The molecular weight excluding hydrogens is 570 g/mol. The Bertz CT molecular complexity index is 1330. The van der Waals surface area contributed by atoms with Gasteiger partial charge in [0.05, 0.1) is 15.6 Å². The number of aliphatic imine (C=N–C) groups is 1. The van der Waals surface area contributed by atoms with Gasteiger partial charge in [-0.2, -0.15) is 0 Å². The summed E-state index contributed by atoms with van der Waals surface area (Å²) in [5.74, 6) is 0.665. The fourth-order valence-electron chi connectivity index (χ4n) is 3.96. The molecule has 0 saturated carbocycles. The summed E-state index contributed by atoms with van der Waals surface area (Å²) < 4.78 is 7.10. The Hall–Kier alpha value is -2.74. The minimum absolute atomic E-state index is 0.0729. The maximum absolute atomic E-state index is 13.3. The number of nitrogens with zero attached hydrogens (tertiary/aromatic N) is 3. The lowest BCUT2D eigenvalue weighted by Gasteiger charge is -2.22. The van der Waals surface area contributed by atoms with Crippen molar-refractivity contribution in [2.24, 2.45) is 4.99 Å². The molecule has 8 heteroatoms. The van der Waals surface area contributed by atoms with Crippen molar-refractivity contribution in [2.45, 2.75) is 27.4 Å². The van der Waals surface area contributed by atoms with Crippen molar-refractivity contribution in [2.75, 3.05) is 24.5 Å². The first-order valence-electron chi connectivity index (χ1n) is 12.2. The van der Waals surface area contributed by atoms with E-state index in [1.807, 2.05) is 61.5 Å². The normalized spacial score (nSPS) is 15.6. The van der Waals surface area contributed by atoms with E-state index in [4.69, 9.17) is 21.3 Å². The smallest absolute Gasteiger partial charge is 0.266 e. The van der Waals surface area contributed by atoms with Crippen LogP contribution in [-0.2, 0) is 11.4 Å². The minimum Gasteiger partial charge on any atom is -0.488 e. The minimum atomic E-state index is -0.0729. The maximum Gasteiger partial charge on any atom is 0.266 e. The Kier molecular flexibility index (Phi) is 9.35. The molecule has 0 aliphatic carbocycles. The topological polar surface area (TPSA) is 45.1 Å². The van der Waals surface area contributed by atoms with E-state index in [2.05, 4.69) is 46.8 Å². The molecule has 4 rings (SSSR count). The van der Waals surface area contributed by atoms with Crippen LogP contribution in [0.4, 0.5) is 11.4 Å². The largest absolute Gasteiger partial charge is 0.488 e. The molecule has 0 radical (unpaired) electrons. The van der Waals surface area contributed by atoms with Gasteiger partial charge in [-0.3, -0.25) is 9.69 Å². The fraction of sp³-hybridized carbons (Fsp3) is 0.241. The molecule has 1 aliphatic heterocycles. The zero-order valence-corrected chi connectivity index (χ0v) is 24.2. The highest BCUT2D eigenvalue weighted by Gasteiger charge is 2.32. The van der Waals surface area contributed by atoms with Gasteiger partial charge in [0.15, 0.2) is 5.17 Å². The zero-order chi connectivity index (χ0) is 26.4. The molecule has 1 aliphatic rings. The quantitative estimate of drug-likeness (QED) is 0.233. The summed E-state index contributed by atoms with van der Waals surface area (Å²) in [6.45, 7) is 8.97. The predicted molar refractivity (Wildman–Crippen MR) is 160 cm³/mol. The number of benzene rings is 3. The van der Waals surface area contributed by atoms with E-state index < -0.39 is 0 Å². The van der Waals surface area contributed by atoms with Crippen molar-refractivity contribution in [1.29, 1.82) is 0 Å². The number of amidine groups is 1. The third-order valence-electron chi connectivity index (χ3n) is 5.98. The lowest BCUT2D eigenvalue weighted by molar-refractivity contribution is -0.122. The highest BCUT2D eigenvalue weighted by atomic mass is 79.9. The van der Waals surface area contributed by atoms with E-state index in [0.717, 1.165) is 40.1 Å². The Labute approximate surface area is 236 Å². The molecule has 192 valence electrons. The van der Waals surface area contributed by atoms with Crippen LogP contribution in [0.2, 0.25) is 5.02 Å². The molecule has 1 fully saturated rings. The van der Waals surface area contributed by atoms with Gasteiger partial charge in [-0.25, -0.2) is 4.99 Å². The standard InChI is InChI=1S/C29H29BrClN3O2S/c1-4-33(5-2)23-14-12-21(26(18-23)36-19-20-10-8-7-9-11-20)16-27-28(35)34(6-3)29(37-27)32-22-13-15-24(30)25(31)17-22/h7-18H,4-6,19H2,1-3H3/b27-16+,32-29?. The van der Waals surface area contributed by atoms with Crippen LogP contribution < -0.4 is 9.64 Å². The van der Waals surface area contributed by atoms with Crippen LogP contribution >= 0.6 is 39.3 Å². The molecule has 0 aromatic heterocycles. The lowest BCUT2D eigenvalue weighted by Crippen LogP contribution is -2.28. The second-order valence-electron chi connectivity index (χ2n) is 8.32. The molecule has 0 atom stereocenters. The number of hydrogen-bond acceptors (Lipinski definition) is 5. The van der Waals surface area contributed by atoms with E-state index in [-0.39, 0.29) is 5.91 Å². The van der Waals surface area contributed by atoms with Crippen LogP contribution in [0.1, 0.15) is 31.9 Å². The number of carbonyl (C=O) groups is 1. The SMILES string of the molecule is CCN1C(=O)/C(=C\c2ccc(N(CC)CC)cc2OCc2ccccc2)SC1=Nc1ccc(Br)c(Cl)c1. The van der Waals surface area contributed by atoms with E-state index in [0.29, 0.717) is 33.9 Å². The molecule has 5 nitrogen and oxygen atoms in total. The van der Waals surface area contributed by atoms with Crippen molar-refractivity contribution in [3.05, 3.63) is 92.3 Å². The highest BCUT2D eigenvalue weighted by Crippen LogP contribution is 2.37. The number of amides is 1. The molecule has 1 saturated heterocycles. The van der Waals surface area contributed by atoms with Crippen LogP contribution in [0.3, 0.4) is 0 Å². The molecule has 0 bridgehead atoms. The average molecular weight is 599 g/mol. The number of likely N-dealkylation sites (N-methyl/N-ethyl adjacent to an activating group) is 1. The highest BCUT2D eigenvalue weighted by molar-refractivity contribution is 9.10. The number of carbonyl (C=O) groups excluding carboxylic acids is 1. The molecule has 3 aromatic rings. The van der Waals surface area contributed by atoms with Crippen molar-refractivity contribution in [3.8, 4) is 5.75 Å². The summed E-state index contributed by atoms with van der Waals surface area (Å²) in [4.78, 5) is 22.6. The van der Waals surface area contributed by atoms with Crippen LogP contribution in [0, 0.1) is 0 Å². The van der Waals surface area contributed by atoms with Crippen molar-refractivity contribution >= 4 is 67.8 Å². The van der Waals surface area contributed by atoms with Crippen molar-refractivity contribution < 1.29 is 9.53 Å². The predicted octanol–water partition coefficient (Wildman–Crippen LogP) is 8.15. The van der Waals surface area contributed by atoms with Gasteiger partial charge in [0.25, 0.3) is 5.91 Å². The molecule has 1 heterocycles. The molecular formula is C29H29BrClN3O2S. The van der Waals surface area contributed by atoms with Gasteiger partial charge < -0.3 is 9.64 Å². The summed E-state index contributed by atoms with van der Waals surface area (Å²) in [5, 5.41) is 1.20. The number of anilines is 1. The van der Waals surface area contributed by atoms with Gasteiger partial charge in [0.1, 0.15) is 12.4 Å². The summed E-state index contributed by atoms with van der Waals surface area (Å²) in [6.07, 6.45) is 1.90. The van der Waals surface area contributed by atoms with E-state index >= 15 is 0 Å². The first-order valence-corrected chi connectivity index (χ1v) is 14.2. The fourth-order valence-corrected chi connectivity index (χ4v) is 5.44. The second kappa shape index (κ2) is 12.7. The van der Waals surface area contributed by atoms with Gasteiger partial charge in [-0.05, 0) is 90.4 Å². The molecule has 1 amide bonds. The molecule has 37 heavy (non-hydrogen) atoms. The monoisotopic (exact) mass is 597 g/mol. The van der Waals surface area contributed by atoms with Crippen LogP contribution in [0.15, 0.2) is 81.1 Å². The third kappa shape index (κ3) is 6.58. The summed E-state index contributed by atoms with van der Waals surface area (Å²) in [6, 6.07) is 21.7. The van der Waals surface area contributed by atoms with Gasteiger partial charge >= 0.3 is 0 Å². The lowest BCUT2D eigenvalue weighted by atomic mass is 10.1. The molecule has 0 spiro atoms. The van der Waals surface area contributed by atoms with E-state index in [9.17, 15) is 4.79 Å². The van der Waals surface area contributed by atoms with Crippen LogP contribution in [0.25, 0.3) is 6.08 Å². The first-order chi connectivity index (χ1) is 17.9. The Morgan fingerprint density at radius 1 is 1.05 bits per heavy atom. The second-order valence-corrected chi connectivity index (χ2v) is 10.6. The van der Waals surface area contributed by atoms with Crippen LogP contribution in [-0.4, -0.2) is 35.6 Å². The number of thioether (sulfide) groups is 1. The molecule has 3 aromatic carbocycles. The number of rotatable bonds is 9. The number of halogens is 2. The van der Waals surface area contributed by atoms with Gasteiger partial charge in [0, 0.05) is 41.4 Å². The van der Waals surface area contributed by atoms with E-state index in [1.54, 1.807) is 11.0 Å². The summed E-state index contributed by atoms with van der Waals surface area (Å²) >= 11 is 11.0. The van der Waals surface area contributed by atoms with Crippen LogP contribution in [0.5, 0.6) is 5.75 Å². The molecule has 0 unspecified atom stereocenters. The van der Waals surface area contributed by atoms with Crippen molar-refractivity contribution in [1.82, 2.24) is 4.90 Å². The molecule has 0 N–H and O–H groups in total. The summed E-state index contributed by atoms with van der Waals surface area (Å²) in [5.41, 5.74) is 3.72. The van der Waals surface area contributed by atoms with E-state index in [1.165, 1.54) is 11.8 Å². The number of ether oxygens (including phenoxy) is 1. The Balaban J connectivity index is 1.67. The van der Waals surface area contributed by atoms with Gasteiger partial charge in [-0.1, -0.05) is 41.9 Å². The average Bonchev–Trinajstić information content (AvgIpc) is 3.20. The third-order valence-corrected chi connectivity index (χ3v) is 8.22. The zero-order valence-electron chi connectivity index (χ0n) is 21.1. The first kappa shape index (κ1) is 27.3. The van der Waals surface area contributed by atoms with Gasteiger partial charge in [-0.15, -0.1) is 0 Å².